The molecule has 0 bridgehead atoms. The van der Waals surface area contributed by atoms with E-state index >= 15 is 0 Å². The van der Waals surface area contributed by atoms with E-state index in [2.05, 4.69) is 5.32 Å². The first-order chi connectivity index (χ1) is 8.95. The highest BCUT2D eigenvalue weighted by Gasteiger charge is 2.42. The Morgan fingerprint density at radius 3 is 2.32 bits per heavy atom. The van der Waals surface area contributed by atoms with E-state index in [1.54, 1.807) is 0 Å². The van der Waals surface area contributed by atoms with Gasteiger partial charge < -0.3 is 10.4 Å². The lowest BCUT2D eigenvalue weighted by Crippen LogP contribution is -2.41. The van der Waals surface area contributed by atoms with Crippen molar-refractivity contribution >= 4 is 0 Å². The van der Waals surface area contributed by atoms with Crippen LogP contribution in [0.3, 0.4) is 0 Å². The molecule has 2 nitrogen and oxygen atoms in total. The standard InChI is InChI=1S/C14H24F3NO/c15-14(16,17)11-2-1-3-12(8-11)18-9-10-4-6-13(19)7-5-10/h10-13,18-19H,1-9H2. The van der Waals surface area contributed by atoms with Gasteiger partial charge in [0.15, 0.2) is 0 Å². The maximum atomic E-state index is 12.7. The van der Waals surface area contributed by atoms with Crippen molar-refractivity contribution in [2.75, 3.05) is 6.54 Å². The molecule has 0 aromatic rings. The van der Waals surface area contributed by atoms with Crippen LogP contribution in [0.5, 0.6) is 0 Å². The fraction of sp³-hybridized carbons (Fsp3) is 1.00. The van der Waals surface area contributed by atoms with Gasteiger partial charge in [0, 0.05) is 6.04 Å². The molecule has 2 fully saturated rings. The first-order valence-corrected chi connectivity index (χ1v) is 7.43. The largest absolute Gasteiger partial charge is 0.393 e. The average Bonchev–Trinajstić information content (AvgIpc) is 2.37. The van der Waals surface area contributed by atoms with Crippen molar-refractivity contribution in [3.05, 3.63) is 0 Å². The van der Waals surface area contributed by atoms with E-state index in [9.17, 15) is 18.3 Å². The van der Waals surface area contributed by atoms with Crippen LogP contribution in [0.25, 0.3) is 0 Å². The van der Waals surface area contributed by atoms with Crippen LogP contribution < -0.4 is 5.32 Å². The molecule has 2 rings (SSSR count). The summed E-state index contributed by atoms with van der Waals surface area (Å²) in [6.45, 7) is 0.808. The van der Waals surface area contributed by atoms with Crippen LogP contribution in [0.15, 0.2) is 0 Å². The monoisotopic (exact) mass is 279 g/mol. The lowest BCUT2D eigenvalue weighted by Gasteiger charge is -2.33. The summed E-state index contributed by atoms with van der Waals surface area (Å²) in [6.07, 6.45) is 1.51. The van der Waals surface area contributed by atoms with Crippen LogP contribution in [0.1, 0.15) is 51.4 Å². The Morgan fingerprint density at radius 1 is 1.00 bits per heavy atom. The van der Waals surface area contributed by atoms with Gasteiger partial charge in [0.1, 0.15) is 0 Å². The minimum Gasteiger partial charge on any atom is -0.393 e. The van der Waals surface area contributed by atoms with E-state index in [1.165, 1.54) is 0 Å². The van der Waals surface area contributed by atoms with E-state index < -0.39 is 12.1 Å². The molecule has 0 aromatic carbocycles. The lowest BCUT2D eigenvalue weighted by atomic mass is 9.84. The molecule has 5 heteroatoms. The van der Waals surface area contributed by atoms with Crippen LogP contribution in [0, 0.1) is 11.8 Å². The van der Waals surface area contributed by atoms with Crippen LogP contribution in [0.4, 0.5) is 13.2 Å². The molecule has 2 unspecified atom stereocenters. The second-order valence-corrected chi connectivity index (χ2v) is 6.18. The van der Waals surface area contributed by atoms with E-state index in [0.29, 0.717) is 12.3 Å². The van der Waals surface area contributed by atoms with Crippen molar-refractivity contribution in [2.24, 2.45) is 11.8 Å². The Bertz CT molecular complexity index is 274. The van der Waals surface area contributed by atoms with Crippen molar-refractivity contribution in [1.82, 2.24) is 5.32 Å². The summed E-state index contributed by atoms with van der Waals surface area (Å²) < 4.78 is 38.1. The van der Waals surface area contributed by atoms with Crippen LogP contribution >= 0.6 is 0 Å². The molecule has 0 spiro atoms. The number of rotatable bonds is 3. The molecule has 0 aromatic heterocycles. The molecule has 112 valence electrons. The number of aliphatic hydroxyl groups excluding tert-OH is 1. The maximum absolute atomic E-state index is 12.7. The van der Waals surface area contributed by atoms with Gasteiger partial charge in [-0.3, -0.25) is 0 Å². The van der Waals surface area contributed by atoms with E-state index in [4.69, 9.17) is 0 Å². The number of nitrogens with one attached hydrogen (secondary N) is 1. The highest BCUT2D eigenvalue weighted by Crippen LogP contribution is 2.37. The minimum atomic E-state index is -4.03. The Hall–Kier alpha value is -0.290. The number of hydrogen-bond acceptors (Lipinski definition) is 2. The van der Waals surface area contributed by atoms with E-state index in [1.807, 2.05) is 0 Å². The van der Waals surface area contributed by atoms with Crippen LogP contribution in [-0.2, 0) is 0 Å². The normalized spacial score (nSPS) is 37.3. The fourth-order valence-electron chi connectivity index (χ4n) is 3.35. The first kappa shape index (κ1) is 15.1. The van der Waals surface area contributed by atoms with Gasteiger partial charge in [-0.15, -0.1) is 0 Å². The third-order valence-electron chi connectivity index (χ3n) is 4.65. The lowest BCUT2D eigenvalue weighted by molar-refractivity contribution is -0.183. The van der Waals surface area contributed by atoms with Gasteiger partial charge in [-0.1, -0.05) is 6.42 Å². The van der Waals surface area contributed by atoms with Crippen molar-refractivity contribution in [3.8, 4) is 0 Å². The highest BCUT2D eigenvalue weighted by molar-refractivity contribution is 4.83. The van der Waals surface area contributed by atoms with Crippen molar-refractivity contribution < 1.29 is 18.3 Å². The van der Waals surface area contributed by atoms with Crippen LogP contribution in [0.2, 0.25) is 0 Å². The van der Waals surface area contributed by atoms with Gasteiger partial charge in [-0.2, -0.15) is 13.2 Å². The molecular formula is C14H24F3NO. The second-order valence-electron chi connectivity index (χ2n) is 6.18. The molecule has 0 saturated heterocycles. The van der Waals surface area contributed by atoms with Gasteiger partial charge in [0.2, 0.25) is 0 Å². The van der Waals surface area contributed by atoms with Gasteiger partial charge in [-0.05, 0) is 57.4 Å². The maximum Gasteiger partial charge on any atom is 0.391 e. The summed E-state index contributed by atoms with van der Waals surface area (Å²) in [7, 11) is 0. The summed E-state index contributed by atoms with van der Waals surface area (Å²) >= 11 is 0. The summed E-state index contributed by atoms with van der Waals surface area (Å²) in [5, 5.41) is 12.7. The van der Waals surface area contributed by atoms with Gasteiger partial charge in [0.05, 0.1) is 12.0 Å². The molecule has 2 atom stereocenters. The summed E-state index contributed by atoms with van der Waals surface area (Å²) in [4.78, 5) is 0. The molecule has 2 saturated carbocycles. The quantitative estimate of drug-likeness (QED) is 0.831. The topological polar surface area (TPSA) is 32.3 Å². The Morgan fingerprint density at radius 2 is 1.68 bits per heavy atom. The third-order valence-corrected chi connectivity index (χ3v) is 4.65. The summed E-state index contributed by atoms with van der Waals surface area (Å²) in [5.74, 6) is -0.596. The number of hydrogen-bond donors (Lipinski definition) is 2. The molecular weight excluding hydrogens is 255 g/mol. The first-order valence-electron chi connectivity index (χ1n) is 7.43. The molecule has 0 heterocycles. The van der Waals surface area contributed by atoms with Gasteiger partial charge >= 0.3 is 6.18 Å². The third kappa shape index (κ3) is 4.63. The van der Waals surface area contributed by atoms with Crippen molar-refractivity contribution in [2.45, 2.75) is 69.7 Å². The van der Waals surface area contributed by atoms with Crippen molar-refractivity contribution in [3.63, 3.8) is 0 Å². The number of aliphatic hydroxyl groups is 1. The molecule has 2 N–H and O–H groups in total. The fourth-order valence-corrected chi connectivity index (χ4v) is 3.35. The second kappa shape index (κ2) is 6.44. The molecule has 2 aliphatic rings. The molecule has 19 heavy (non-hydrogen) atoms. The summed E-state index contributed by atoms with van der Waals surface area (Å²) in [6, 6.07) is 0.0206. The SMILES string of the molecule is OC1CCC(CNC2CCCC(C(F)(F)F)C2)CC1. The van der Waals surface area contributed by atoms with Gasteiger partial charge in [-0.25, -0.2) is 0 Å². The van der Waals surface area contributed by atoms with Gasteiger partial charge in [0.25, 0.3) is 0 Å². The average molecular weight is 279 g/mol. The zero-order chi connectivity index (χ0) is 13.9. The predicted octanol–water partition coefficient (Wildman–Crippen LogP) is 3.25. The highest BCUT2D eigenvalue weighted by atomic mass is 19.4. The Kier molecular flexibility index (Phi) is 5.12. The molecule has 0 radical (unpaired) electrons. The molecule has 0 amide bonds. The summed E-state index contributed by atoms with van der Waals surface area (Å²) in [5.41, 5.74) is 0. The zero-order valence-corrected chi connectivity index (χ0v) is 11.3. The number of halogens is 3. The number of alkyl halides is 3. The van der Waals surface area contributed by atoms with Crippen molar-refractivity contribution in [1.29, 1.82) is 0 Å². The Labute approximate surface area is 112 Å². The van der Waals surface area contributed by atoms with E-state index in [-0.39, 0.29) is 25.0 Å². The Balaban J connectivity index is 1.71. The van der Waals surface area contributed by atoms with E-state index in [0.717, 1.165) is 38.6 Å². The van der Waals surface area contributed by atoms with Crippen LogP contribution in [-0.4, -0.2) is 30.0 Å². The molecule has 0 aliphatic heterocycles. The smallest absolute Gasteiger partial charge is 0.391 e. The minimum absolute atomic E-state index is 0.0206. The predicted molar refractivity (Wildman–Crippen MR) is 67.8 cm³/mol. The zero-order valence-electron chi connectivity index (χ0n) is 11.3. The molecule has 2 aliphatic carbocycles.